The topological polar surface area (TPSA) is 50.2 Å². The van der Waals surface area contributed by atoms with E-state index in [0.717, 1.165) is 10.6 Å². The third kappa shape index (κ3) is 0.813. The Kier molecular flexibility index (Phi) is 1.06. The molecule has 0 atom stereocenters. The minimum absolute atomic E-state index is 0.413. The molecule has 0 radical (unpaired) electrons. The van der Waals surface area contributed by atoms with Crippen LogP contribution in [0.25, 0.3) is 5.65 Å². The number of fused-ring (bicyclic) bond motifs is 1. The first-order valence-electron chi connectivity index (χ1n) is 3.00. The number of hydrogen-bond acceptors (Lipinski definition) is 2. The van der Waals surface area contributed by atoms with Gasteiger partial charge < -0.3 is 0 Å². The Morgan fingerprint density at radius 1 is 1.55 bits per heavy atom. The molecule has 0 saturated heterocycles. The molecule has 4 nitrogen and oxygen atoms in total. The van der Waals surface area contributed by atoms with E-state index in [0.29, 0.717) is 5.65 Å². The van der Waals surface area contributed by atoms with Crippen LogP contribution in [0.2, 0.25) is 0 Å². The Hall–Kier alpha value is -1.65. The van der Waals surface area contributed by atoms with Gasteiger partial charge in [-0.1, -0.05) is 0 Å². The first kappa shape index (κ1) is 6.09. The number of hydrogen-bond donors (Lipinski definition) is 1. The lowest BCUT2D eigenvalue weighted by atomic mass is 10.5. The molecule has 0 aromatic carbocycles. The summed E-state index contributed by atoms with van der Waals surface area (Å²) in [6.07, 6.45) is 1.08. The van der Waals surface area contributed by atoms with Gasteiger partial charge in [-0.25, -0.2) is 18.7 Å². The highest BCUT2D eigenvalue weighted by atomic mass is 19.1. The van der Waals surface area contributed by atoms with Gasteiger partial charge in [0.15, 0.2) is 5.65 Å². The van der Waals surface area contributed by atoms with Crippen LogP contribution < -0.4 is 5.69 Å². The largest absolute Gasteiger partial charge is 0.347 e. The maximum Gasteiger partial charge on any atom is 0.347 e. The van der Waals surface area contributed by atoms with Crippen molar-refractivity contribution in [1.29, 1.82) is 0 Å². The lowest BCUT2D eigenvalue weighted by Crippen LogP contribution is -2.08. The number of pyridine rings is 1. The van der Waals surface area contributed by atoms with Crippen molar-refractivity contribution < 1.29 is 4.39 Å². The highest BCUT2D eigenvalue weighted by Gasteiger charge is 1.98. The molecule has 0 aliphatic carbocycles. The molecule has 1 N–H and O–H groups in total. The summed E-state index contributed by atoms with van der Waals surface area (Å²) < 4.78 is 13.6. The van der Waals surface area contributed by atoms with Crippen LogP contribution in [0.15, 0.2) is 23.1 Å². The third-order valence-corrected chi connectivity index (χ3v) is 1.38. The van der Waals surface area contributed by atoms with Crippen molar-refractivity contribution in [2.75, 3.05) is 0 Å². The summed E-state index contributed by atoms with van der Waals surface area (Å²) >= 11 is 0. The van der Waals surface area contributed by atoms with Gasteiger partial charge in [0.25, 0.3) is 0 Å². The van der Waals surface area contributed by atoms with Crippen LogP contribution in [-0.4, -0.2) is 14.6 Å². The van der Waals surface area contributed by atoms with E-state index in [1.165, 1.54) is 12.1 Å². The monoisotopic (exact) mass is 153 g/mol. The number of aromatic amines is 1. The zero-order valence-electron chi connectivity index (χ0n) is 5.41. The number of H-pyrrole nitrogens is 1. The summed E-state index contributed by atoms with van der Waals surface area (Å²) in [5.41, 5.74) is -0.0177. The molecule has 5 heteroatoms. The standard InChI is InChI=1S/C6H4FN3O/c7-4-1-2-5-8-9-6(11)10(5)3-4/h1-3H,(H,9,11). The number of nitrogens with one attached hydrogen (secondary N) is 1. The van der Waals surface area contributed by atoms with E-state index in [4.69, 9.17) is 0 Å². The second-order valence-electron chi connectivity index (χ2n) is 2.10. The van der Waals surface area contributed by atoms with Crippen molar-refractivity contribution in [2.24, 2.45) is 0 Å². The predicted molar refractivity (Wildman–Crippen MR) is 35.8 cm³/mol. The quantitative estimate of drug-likeness (QED) is 0.586. The van der Waals surface area contributed by atoms with Crippen LogP contribution in [-0.2, 0) is 0 Å². The third-order valence-electron chi connectivity index (χ3n) is 1.38. The highest BCUT2D eigenvalue weighted by Crippen LogP contribution is 1.97. The van der Waals surface area contributed by atoms with Gasteiger partial charge >= 0.3 is 5.69 Å². The second-order valence-corrected chi connectivity index (χ2v) is 2.10. The maximum atomic E-state index is 12.5. The molecule has 0 saturated carbocycles. The van der Waals surface area contributed by atoms with Crippen molar-refractivity contribution in [3.8, 4) is 0 Å². The smallest absolute Gasteiger partial charge is 0.248 e. The van der Waals surface area contributed by atoms with Gasteiger partial charge in [-0.15, -0.1) is 0 Å². The molecule has 2 aromatic rings. The number of halogens is 1. The van der Waals surface area contributed by atoms with Crippen molar-refractivity contribution in [2.45, 2.75) is 0 Å². The number of aromatic nitrogens is 3. The van der Waals surface area contributed by atoms with E-state index in [1.54, 1.807) is 0 Å². The minimum Gasteiger partial charge on any atom is -0.248 e. The molecule has 0 amide bonds. The van der Waals surface area contributed by atoms with Crippen LogP contribution in [0.3, 0.4) is 0 Å². The predicted octanol–water partition coefficient (Wildman–Crippen LogP) is 0.162. The molecule has 0 spiro atoms. The summed E-state index contributed by atoms with van der Waals surface area (Å²) in [5.74, 6) is -0.457. The van der Waals surface area contributed by atoms with Crippen molar-refractivity contribution in [1.82, 2.24) is 14.6 Å². The fraction of sp³-hybridized carbons (Fsp3) is 0. The Morgan fingerprint density at radius 3 is 3.18 bits per heavy atom. The van der Waals surface area contributed by atoms with Crippen molar-refractivity contribution >= 4 is 5.65 Å². The molecule has 0 unspecified atom stereocenters. The molecule has 0 aliphatic rings. The van der Waals surface area contributed by atoms with E-state index < -0.39 is 11.5 Å². The van der Waals surface area contributed by atoms with Crippen LogP contribution in [0.1, 0.15) is 0 Å². The van der Waals surface area contributed by atoms with Gasteiger partial charge in [-0.05, 0) is 12.1 Å². The van der Waals surface area contributed by atoms with Gasteiger partial charge in [0.2, 0.25) is 0 Å². The van der Waals surface area contributed by atoms with Crippen LogP contribution >= 0.6 is 0 Å². The Morgan fingerprint density at radius 2 is 2.36 bits per heavy atom. The van der Waals surface area contributed by atoms with Crippen molar-refractivity contribution in [3.05, 3.63) is 34.6 Å². The molecule has 56 valence electrons. The Balaban J connectivity index is 2.99. The number of rotatable bonds is 0. The lowest BCUT2D eigenvalue weighted by molar-refractivity contribution is 0.618. The zero-order valence-corrected chi connectivity index (χ0v) is 5.41. The van der Waals surface area contributed by atoms with Crippen LogP contribution in [0.4, 0.5) is 4.39 Å². The van der Waals surface area contributed by atoms with Gasteiger partial charge in [0.05, 0.1) is 6.20 Å². The average molecular weight is 153 g/mol. The summed E-state index contributed by atoms with van der Waals surface area (Å²) in [6, 6.07) is 2.67. The van der Waals surface area contributed by atoms with Crippen LogP contribution in [0.5, 0.6) is 0 Å². The Labute approximate surface area is 60.3 Å². The highest BCUT2D eigenvalue weighted by molar-refractivity contribution is 5.35. The molecular formula is C6H4FN3O. The molecule has 0 bridgehead atoms. The summed E-state index contributed by atoms with van der Waals surface area (Å²) in [5, 5.41) is 5.81. The first-order chi connectivity index (χ1) is 5.27. The van der Waals surface area contributed by atoms with Gasteiger partial charge in [-0.3, -0.25) is 0 Å². The molecule has 2 rings (SSSR count). The zero-order chi connectivity index (χ0) is 7.84. The van der Waals surface area contributed by atoms with Gasteiger partial charge in [0.1, 0.15) is 5.82 Å². The van der Waals surface area contributed by atoms with E-state index in [9.17, 15) is 9.18 Å². The Bertz CT molecular complexity index is 444. The lowest BCUT2D eigenvalue weighted by Gasteiger charge is -1.88. The van der Waals surface area contributed by atoms with Gasteiger partial charge in [-0.2, -0.15) is 5.10 Å². The van der Waals surface area contributed by atoms with E-state index in [2.05, 4.69) is 10.2 Å². The van der Waals surface area contributed by atoms with E-state index in [1.807, 2.05) is 0 Å². The molecule has 2 aromatic heterocycles. The van der Waals surface area contributed by atoms with Gasteiger partial charge in [0, 0.05) is 0 Å². The number of nitrogens with zero attached hydrogens (tertiary/aromatic N) is 2. The van der Waals surface area contributed by atoms with E-state index >= 15 is 0 Å². The average Bonchev–Trinajstić information content (AvgIpc) is 2.33. The first-order valence-corrected chi connectivity index (χ1v) is 3.00. The summed E-state index contributed by atoms with van der Waals surface area (Å²) in [7, 11) is 0. The van der Waals surface area contributed by atoms with Crippen molar-refractivity contribution in [3.63, 3.8) is 0 Å². The maximum absolute atomic E-state index is 12.5. The molecule has 11 heavy (non-hydrogen) atoms. The fourth-order valence-corrected chi connectivity index (χ4v) is 0.880. The SMILES string of the molecule is O=c1[nH]nc2ccc(F)cn12. The summed E-state index contributed by atoms with van der Waals surface area (Å²) in [6.45, 7) is 0. The van der Waals surface area contributed by atoms with Crippen LogP contribution in [0, 0.1) is 5.82 Å². The molecular weight excluding hydrogens is 149 g/mol. The fourth-order valence-electron chi connectivity index (χ4n) is 0.880. The van der Waals surface area contributed by atoms with E-state index in [-0.39, 0.29) is 0 Å². The normalized spacial score (nSPS) is 10.6. The molecule has 0 fully saturated rings. The molecule has 0 aliphatic heterocycles. The minimum atomic E-state index is -0.457. The summed E-state index contributed by atoms with van der Waals surface area (Å²) in [4.78, 5) is 10.8. The second kappa shape index (κ2) is 1.91. The molecule has 2 heterocycles.